The van der Waals surface area contributed by atoms with Gasteiger partial charge in [0.05, 0.1) is 17.7 Å². The van der Waals surface area contributed by atoms with Crippen LogP contribution < -0.4 is 5.43 Å². The standard InChI is InChI=1S/C28H27N3O3S/c1-22-14-16-26(17-15-22)35(33,34)31(19-18-23-8-3-2-4-9-23)21-28(32)30-29-20-25-12-7-11-24-10-5-6-13-27(24)25/h2-17,20H,18-19,21H2,1H3,(H,30,32)/b29-20-. The molecule has 0 spiro atoms. The Morgan fingerprint density at radius 1 is 0.886 bits per heavy atom. The van der Waals surface area contributed by atoms with E-state index in [1.165, 1.54) is 4.31 Å². The third kappa shape index (κ3) is 6.20. The molecule has 6 nitrogen and oxygen atoms in total. The highest BCUT2D eigenvalue weighted by Gasteiger charge is 2.26. The predicted molar refractivity (Wildman–Crippen MR) is 140 cm³/mol. The third-order valence-electron chi connectivity index (χ3n) is 5.69. The van der Waals surface area contributed by atoms with E-state index in [-0.39, 0.29) is 18.0 Å². The Hall–Kier alpha value is -3.81. The number of hydrazone groups is 1. The van der Waals surface area contributed by atoms with Crippen molar-refractivity contribution in [3.05, 3.63) is 114 Å². The lowest BCUT2D eigenvalue weighted by molar-refractivity contribution is -0.121. The Labute approximate surface area is 206 Å². The first-order chi connectivity index (χ1) is 16.9. The minimum Gasteiger partial charge on any atom is -0.272 e. The quantitative estimate of drug-likeness (QED) is 0.279. The molecule has 0 aliphatic rings. The van der Waals surface area contributed by atoms with E-state index in [1.54, 1.807) is 30.5 Å². The van der Waals surface area contributed by atoms with Crippen molar-refractivity contribution in [2.75, 3.05) is 13.1 Å². The SMILES string of the molecule is Cc1ccc(S(=O)(=O)N(CCc2ccccc2)CC(=O)N/N=C\c2cccc3ccccc23)cc1. The van der Waals surface area contributed by atoms with Crippen LogP contribution in [0.4, 0.5) is 0 Å². The zero-order valence-corrected chi connectivity index (χ0v) is 20.3. The largest absolute Gasteiger partial charge is 0.272 e. The zero-order chi connectivity index (χ0) is 24.7. The maximum Gasteiger partial charge on any atom is 0.255 e. The number of rotatable bonds is 9. The summed E-state index contributed by atoms with van der Waals surface area (Å²) in [6.07, 6.45) is 2.06. The summed E-state index contributed by atoms with van der Waals surface area (Å²) in [5, 5.41) is 6.17. The van der Waals surface area contributed by atoms with Crippen LogP contribution >= 0.6 is 0 Å². The molecule has 0 saturated carbocycles. The Balaban J connectivity index is 1.49. The normalized spacial score (nSPS) is 11.8. The zero-order valence-electron chi connectivity index (χ0n) is 19.5. The number of fused-ring (bicyclic) bond motifs is 1. The van der Waals surface area contributed by atoms with E-state index in [0.29, 0.717) is 6.42 Å². The first kappa shape index (κ1) is 24.3. The second-order valence-corrected chi connectivity index (χ2v) is 10.2. The second-order valence-electron chi connectivity index (χ2n) is 8.25. The average Bonchev–Trinajstić information content (AvgIpc) is 2.87. The van der Waals surface area contributed by atoms with Crippen LogP contribution in [0, 0.1) is 6.92 Å². The molecular weight excluding hydrogens is 458 g/mol. The van der Waals surface area contributed by atoms with Gasteiger partial charge >= 0.3 is 0 Å². The summed E-state index contributed by atoms with van der Waals surface area (Å²) in [5.41, 5.74) is 5.29. The first-order valence-electron chi connectivity index (χ1n) is 11.3. The molecule has 7 heteroatoms. The Kier molecular flexibility index (Phi) is 7.70. The number of hydrogen-bond acceptors (Lipinski definition) is 4. The van der Waals surface area contributed by atoms with Crippen LogP contribution in [0.25, 0.3) is 10.8 Å². The number of aryl methyl sites for hydroxylation is 1. The van der Waals surface area contributed by atoms with Gasteiger partial charge in [0.2, 0.25) is 10.0 Å². The molecule has 1 N–H and O–H groups in total. The van der Waals surface area contributed by atoms with Crippen molar-refractivity contribution in [2.45, 2.75) is 18.2 Å². The highest BCUT2D eigenvalue weighted by atomic mass is 32.2. The summed E-state index contributed by atoms with van der Waals surface area (Å²) in [6.45, 7) is 1.72. The maximum absolute atomic E-state index is 13.3. The number of carbonyl (C=O) groups is 1. The van der Waals surface area contributed by atoms with Crippen LogP contribution in [0.5, 0.6) is 0 Å². The van der Waals surface area contributed by atoms with E-state index in [0.717, 1.165) is 27.5 Å². The van der Waals surface area contributed by atoms with E-state index in [4.69, 9.17) is 0 Å². The van der Waals surface area contributed by atoms with E-state index in [2.05, 4.69) is 10.5 Å². The fourth-order valence-corrected chi connectivity index (χ4v) is 5.17. The van der Waals surface area contributed by atoms with Gasteiger partial charge in [-0.05, 0) is 41.8 Å². The topological polar surface area (TPSA) is 78.8 Å². The van der Waals surface area contributed by atoms with Gasteiger partial charge in [0.1, 0.15) is 0 Å². The highest BCUT2D eigenvalue weighted by molar-refractivity contribution is 7.89. The fourth-order valence-electron chi connectivity index (χ4n) is 3.77. The van der Waals surface area contributed by atoms with Crippen molar-refractivity contribution in [1.29, 1.82) is 0 Å². The minimum atomic E-state index is -3.87. The van der Waals surface area contributed by atoms with Crippen molar-refractivity contribution in [3.8, 4) is 0 Å². The van der Waals surface area contributed by atoms with Crippen LogP contribution in [0.1, 0.15) is 16.7 Å². The van der Waals surface area contributed by atoms with Gasteiger partial charge in [-0.3, -0.25) is 4.79 Å². The molecule has 0 atom stereocenters. The Morgan fingerprint density at radius 2 is 1.57 bits per heavy atom. The number of carbonyl (C=O) groups excluding carboxylic acids is 1. The number of benzene rings is 4. The van der Waals surface area contributed by atoms with Crippen molar-refractivity contribution in [2.24, 2.45) is 5.10 Å². The van der Waals surface area contributed by atoms with Gasteiger partial charge < -0.3 is 0 Å². The van der Waals surface area contributed by atoms with Crippen LogP contribution in [-0.2, 0) is 21.2 Å². The lowest BCUT2D eigenvalue weighted by Gasteiger charge is -2.21. The van der Waals surface area contributed by atoms with Crippen molar-refractivity contribution in [1.82, 2.24) is 9.73 Å². The maximum atomic E-state index is 13.3. The minimum absolute atomic E-state index is 0.156. The van der Waals surface area contributed by atoms with Crippen LogP contribution in [0.3, 0.4) is 0 Å². The molecule has 0 aliphatic heterocycles. The van der Waals surface area contributed by atoms with E-state index >= 15 is 0 Å². The van der Waals surface area contributed by atoms with Gasteiger partial charge in [0, 0.05) is 12.1 Å². The molecule has 0 heterocycles. The van der Waals surface area contributed by atoms with Gasteiger partial charge in [-0.1, -0.05) is 90.5 Å². The van der Waals surface area contributed by atoms with Crippen LogP contribution in [-0.4, -0.2) is 37.9 Å². The third-order valence-corrected chi connectivity index (χ3v) is 7.55. The average molecular weight is 486 g/mol. The lowest BCUT2D eigenvalue weighted by atomic mass is 10.1. The molecule has 0 unspecified atom stereocenters. The molecule has 4 aromatic rings. The van der Waals surface area contributed by atoms with Gasteiger partial charge in [0.15, 0.2) is 0 Å². The van der Waals surface area contributed by atoms with Crippen molar-refractivity contribution >= 4 is 32.9 Å². The molecule has 4 aromatic carbocycles. The number of amides is 1. The molecular formula is C28H27N3O3S. The van der Waals surface area contributed by atoms with E-state index in [9.17, 15) is 13.2 Å². The smallest absolute Gasteiger partial charge is 0.255 e. The molecule has 0 saturated heterocycles. The number of nitrogens with zero attached hydrogens (tertiary/aromatic N) is 2. The van der Waals surface area contributed by atoms with Crippen molar-refractivity contribution < 1.29 is 13.2 Å². The van der Waals surface area contributed by atoms with Crippen LogP contribution in [0.15, 0.2) is 107 Å². The Morgan fingerprint density at radius 3 is 2.34 bits per heavy atom. The first-order valence-corrected chi connectivity index (χ1v) is 12.8. The fraction of sp³-hybridized carbons (Fsp3) is 0.143. The summed E-state index contributed by atoms with van der Waals surface area (Å²) in [7, 11) is -3.87. The predicted octanol–water partition coefficient (Wildman–Crippen LogP) is 4.53. The van der Waals surface area contributed by atoms with Gasteiger partial charge in [-0.2, -0.15) is 9.41 Å². The molecule has 178 valence electrons. The lowest BCUT2D eigenvalue weighted by Crippen LogP contribution is -2.40. The van der Waals surface area contributed by atoms with Crippen LogP contribution in [0.2, 0.25) is 0 Å². The summed E-state index contributed by atoms with van der Waals surface area (Å²) < 4.78 is 27.9. The second kappa shape index (κ2) is 11.1. The number of hydrogen-bond donors (Lipinski definition) is 1. The molecule has 0 aliphatic carbocycles. The number of sulfonamides is 1. The molecule has 0 aromatic heterocycles. The monoisotopic (exact) mass is 485 g/mol. The molecule has 35 heavy (non-hydrogen) atoms. The highest BCUT2D eigenvalue weighted by Crippen LogP contribution is 2.18. The summed E-state index contributed by atoms with van der Waals surface area (Å²) in [5.74, 6) is -0.509. The molecule has 1 amide bonds. The van der Waals surface area contributed by atoms with Gasteiger partial charge in [-0.25, -0.2) is 13.8 Å². The molecule has 0 radical (unpaired) electrons. The van der Waals surface area contributed by atoms with Crippen molar-refractivity contribution in [3.63, 3.8) is 0 Å². The summed E-state index contributed by atoms with van der Waals surface area (Å²) >= 11 is 0. The van der Waals surface area contributed by atoms with Gasteiger partial charge in [-0.15, -0.1) is 0 Å². The summed E-state index contributed by atoms with van der Waals surface area (Å²) in [4.78, 5) is 12.9. The van der Waals surface area contributed by atoms with E-state index < -0.39 is 15.9 Å². The molecule has 0 fully saturated rings. The van der Waals surface area contributed by atoms with E-state index in [1.807, 2.05) is 79.7 Å². The molecule has 0 bridgehead atoms. The van der Waals surface area contributed by atoms with Gasteiger partial charge in [0.25, 0.3) is 5.91 Å². The summed E-state index contributed by atoms with van der Waals surface area (Å²) in [6, 6.07) is 29.9. The number of nitrogens with one attached hydrogen (secondary N) is 1. The Bertz CT molecular complexity index is 1430. The molecule has 4 rings (SSSR count).